The van der Waals surface area contributed by atoms with E-state index in [0.717, 1.165) is 43.1 Å². The van der Waals surface area contributed by atoms with Gasteiger partial charge in [0, 0.05) is 34.8 Å². The van der Waals surface area contributed by atoms with Gasteiger partial charge in [0.2, 0.25) is 0 Å². The lowest BCUT2D eigenvalue weighted by atomic mass is 9.61. The second-order valence-corrected chi connectivity index (χ2v) is 13.6. The molecule has 224 valence electrons. The van der Waals surface area contributed by atoms with Crippen molar-refractivity contribution >= 4 is 46.6 Å². The number of ketones is 1. The Morgan fingerprint density at radius 1 is 0.977 bits per heavy atom. The number of hydrogen-bond acceptors (Lipinski definition) is 6. The van der Waals surface area contributed by atoms with Gasteiger partial charge >= 0.3 is 0 Å². The first-order valence-electron chi connectivity index (χ1n) is 14.8. The lowest BCUT2D eigenvalue weighted by Crippen LogP contribution is -2.52. The molecule has 8 heteroatoms. The fraction of sp³-hybridized carbons (Fsp3) is 0.278. The summed E-state index contributed by atoms with van der Waals surface area (Å²) in [6.45, 7) is 1.84. The third-order valence-corrected chi connectivity index (χ3v) is 11.0. The largest absolute Gasteiger partial charge is 0.508 e. The molecule has 2 aliphatic carbocycles. The van der Waals surface area contributed by atoms with Crippen molar-refractivity contribution in [3.05, 3.63) is 92.5 Å². The highest BCUT2D eigenvalue weighted by atomic mass is 32.1. The maximum Gasteiger partial charge on any atom is 0.188 e. The molecule has 2 aromatic carbocycles. The average molecular weight is 622 g/mol. The minimum Gasteiger partial charge on any atom is -0.508 e. The van der Waals surface area contributed by atoms with Crippen molar-refractivity contribution in [2.24, 2.45) is 34.4 Å². The Morgan fingerprint density at radius 3 is 2.36 bits per heavy atom. The molecule has 0 amide bonds. The number of hydrogen-bond donors (Lipinski definition) is 4. The van der Waals surface area contributed by atoms with Gasteiger partial charge in [-0.2, -0.15) is 0 Å². The van der Waals surface area contributed by atoms with E-state index in [1.165, 1.54) is 11.3 Å². The third-order valence-electron chi connectivity index (χ3n) is 8.75. The normalized spacial score (nSPS) is 21.5. The number of guanidine groups is 1. The Labute approximate surface area is 265 Å². The third kappa shape index (κ3) is 6.17. The Kier molecular flexibility index (Phi) is 8.60. The van der Waals surface area contributed by atoms with E-state index in [0.29, 0.717) is 12.4 Å². The summed E-state index contributed by atoms with van der Waals surface area (Å²) in [5.41, 5.74) is 7.02. The number of phenolic OH excluding ortho intramolecular Hbond substituents is 2. The molecular formula is C36H35N3O3S2. The van der Waals surface area contributed by atoms with Crippen molar-refractivity contribution in [1.29, 1.82) is 0 Å². The second kappa shape index (κ2) is 12.7. The van der Waals surface area contributed by atoms with E-state index in [1.54, 1.807) is 41.9 Å². The van der Waals surface area contributed by atoms with E-state index < -0.39 is 0 Å². The van der Waals surface area contributed by atoms with Crippen LogP contribution in [-0.4, -0.2) is 35.0 Å². The second-order valence-electron chi connectivity index (χ2n) is 11.5. The molecule has 0 radical (unpaired) electrons. The molecule has 44 heavy (non-hydrogen) atoms. The van der Waals surface area contributed by atoms with Crippen molar-refractivity contribution in [2.45, 2.75) is 32.2 Å². The van der Waals surface area contributed by atoms with Crippen molar-refractivity contribution in [1.82, 2.24) is 5.32 Å². The number of nitrogens with zero attached hydrogens (tertiary/aromatic N) is 1. The molecular weight excluding hydrogens is 587 g/mol. The van der Waals surface area contributed by atoms with E-state index in [9.17, 15) is 15.0 Å². The number of phenols is 2. The van der Waals surface area contributed by atoms with Crippen molar-refractivity contribution in [3.8, 4) is 33.1 Å². The van der Waals surface area contributed by atoms with E-state index in [-0.39, 0.29) is 47.0 Å². The molecule has 0 saturated heterocycles. The molecule has 2 aliphatic rings. The Bertz CT molecular complexity index is 1890. The quantitative estimate of drug-likeness (QED) is 0.0992. The van der Waals surface area contributed by atoms with Crippen LogP contribution in [0.5, 0.6) is 11.5 Å². The molecule has 4 aromatic rings. The molecule has 5 N–H and O–H groups in total. The van der Waals surface area contributed by atoms with Gasteiger partial charge in [0.15, 0.2) is 11.7 Å². The number of nitrogens with one attached hydrogen (secondary N) is 1. The first-order chi connectivity index (χ1) is 21.3. The molecule has 5 atom stereocenters. The van der Waals surface area contributed by atoms with Gasteiger partial charge in [-0.3, -0.25) is 9.79 Å². The first kappa shape index (κ1) is 29.7. The van der Waals surface area contributed by atoms with Gasteiger partial charge in [-0.15, -0.1) is 28.6 Å². The molecule has 6 nitrogen and oxygen atoms in total. The lowest BCUT2D eigenvalue weighted by molar-refractivity contribution is 0.0768. The van der Waals surface area contributed by atoms with Gasteiger partial charge in [-0.1, -0.05) is 42.3 Å². The van der Waals surface area contributed by atoms with E-state index >= 15 is 0 Å². The van der Waals surface area contributed by atoms with Crippen LogP contribution in [0, 0.1) is 35.5 Å². The van der Waals surface area contributed by atoms with Gasteiger partial charge in [0.05, 0.1) is 9.75 Å². The highest BCUT2D eigenvalue weighted by Crippen LogP contribution is 2.46. The number of rotatable bonds is 7. The van der Waals surface area contributed by atoms with Gasteiger partial charge < -0.3 is 21.3 Å². The standard InChI is InChI=1S/C36H35N3O3S2/c1-3-6-26-9-12-32(43-26)33-13-14-34(44-33)35(42)28-11-10-27(29-18-22-7-4-5-8-23(22)19-30(28)29)31(39-36(37)38-2)17-21-15-24(40)20-25(41)16-21/h4-5,7-9,12-16,18-20,27-31,40-41H,10-11,17H2,1-2H3,(H3,37,38,39)/t27-,28-,29+,30+,31-/m1/s1. The summed E-state index contributed by atoms with van der Waals surface area (Å²) in [5, 5.41) is 26.1. The number of thiophene rings is 2. The molecule has 0 aliphatic heterocycles. The van der Waals surface area contributed by atoms with Gasteiger partial charge in [-0.25, -0.2) is 0 Å². The summed E-state index contributed by atoms with van der Waals surface area (Å²) in [7, 11) is 1.65. The van der Waals surface area contributed by atoms with Crippen molar-refractivity contribution < 1.29 is 15.0 Å². The zero-order valence-electron chi connectivity index (χ0n) is 24.7. The van der Waals surface area contributed by atoms with Gasteiger partial charge in [0.1, 0.15) is 11.5 Å². The minimum atomic E-state index is -0.153. The van der Waals surface area contributed by atoms with Crippen molar-refractivity contribution in [2.75, 3.05) is 7.05 Å². The molecule has 6 rings (SSSR count). The molecule has 2 aromatic heterocycles. The van der Waals surface area contributed by atoms with E-state index in [4.69, 9.17) is 5.73 Å². The highest BCUT2D eigenvalue weighted by Gasteiger charge is 2.44. The van der Waals surface area contributed by atoms with Crippen LogP contribution in [0.2, 0.25) is 0 Å². The van der Waals surface area contributed by atoms with Crippen LogP contribution in [0.25, 0.3) is 21.9 Å². The van der Waals surface area contributed by atoms with Crippen molar-refractivity contribution in [3.63, 3.8) is 0 Å². The van der Waals surface area contributed by atoms with Gasteiger partial charge in [0.25, 0.3) is 0 Å². The summed E-state index contributed by atoms with van der Waals surface area (Å²) in [5.74, 6) is 6.70. The van der Waals surface area contributed by atoms with Gasteiger partial charge in [-0.05, 0) is 96.3 Å². The fourth-order valence-electron chi connectivity index (χ4n) is 6.82. The number of Topliss-reactive ketones (excluding diaryl/α,β-unsaturated/α-hetero) is 1. The van der Waals surface area contributed by atoms with Crippen LogP contribution in [0.15, 0.2) is 71.7 Å². The predicted molar refractivity (Wildman–Crippen MR) is 180 cm³/mol. The fourth-order valence-corrected chi connectivity index (χ4v) is 8.83. The summed E-state index contributed by atoms with van der Waals surface area (Å²) < 4.78 is 0. The number of benzene rings is 2. The zero-order valence-corrected chi connectivity index (χ0v) is 26.3. The summed E-state index contributed by atoms with van der Waals surface area (Å²) in [6.07, 6.45) is 6.71. The lowest BCUT2D eigenvalue weighted by Gasteiger charge is -2.44. The Hall–Kier alpha value is -4.32. The topological polar surface area (TPSA) is 108 Å². The summed E-state index contributed by atoms with van der Waals surface area (Å²) in [4.78, 5) is 22.4. The van der Waals surface area contributed by atoms with E-state index in [2.05, 4.69) is 58.6 Å². The van der Waals surface area contributed by atoms with E-state index in [1.807, 2.05) is 31.2 Å². The maximum atomic E-state index is 14.2. The van der Waals surface area contributed by atoms with Crippen LogP contribution in [-0.2, 0) is 6.42 Å². The van der Waals surface area contributed by atoms with Crippen LogP contribution in [0.4, 0.5) is 0 Å². The van der Waals surface area contributed by atoms with Crippen LogP contribution in [0.3, 0.4) is 0 Å². The molecule has 0 bridgehead atoms. The predicted octanol–water partition coefficient (Wildman–Crippen LogP) is 5.12. The summed E-state index contributed by atoms with van der Waals surface area (Å²) in [6, 6.07) is 21.0. The minimum absolute atomic E-state index is 0.0107. The average Bonchev–Trinajstić information content (AvgIpc) is 3.69. The molecule has 1 saturated carbocycles. The Morgan fingerprint density at radius 2 is 1.66 bits per heavy atom. The number of fused-ring (bicyclic) bond motifs is 2. The highest BCUT2D eigenvalue weighted by molar-refractivity contribution is 7.23. The van der Waals surface area contributed by atoms with Crippen LogP contribution in [0.1, 0.15) is 39.9 Å². The number of carbonyl (C=O) groups is 1. The zero-order chi connectivity index (χ0) is 30.8. The number of nitrogens with two attached hydrogens (primary N) is 1. The SMILES string of the molecule is CC#Cc1ccc(-c2ccc(C(=O)[C@@H]3CC[C@@H]([C@@H](Cc4cc(O)cc(O)c4)NC(N)=NC)[C@@H]4C=c5ccccc5=C[C@H]43)s2)s1. The molecule has 2 heterocycles. The number of aliphatic imine (C=N–C) groups is 1. The van der Waals surface area contributed by atoms with Crippen LogP contribution < -0.4 is 21.5 Å². The molecule has 1 fully saturated rings. The molecule has 0 spiro atoms. The first-order valence-corrected chi connectivity index (χ1v) is 16.4. The van der Waals surface area contributed by atoms with Crippen LogP contribution >= 0.6 is 22.7 Å². The maximum absolute atomic E-state index is 14.2. The Balaban J connectivity index is 1.34. The number of carbonyl (C=O) groups excluding carboxylic acids is 1. The molecule has 0 unspecified atom stereocenters. The number of aromatic hydroxyl groups is 2. The monoisotopic (exact) mass is 621 g/mol. The summed E-state index contributed by atoms with van der Waals surface area (Å²) >= 11 is 3.21. The smallest absolute Gasteiger partial charge is 0.188 e.